The largest absolute Gasteiger partial charge is 0.508 e. The van der Waals surface area contributed by atoms with Crippen molar-refractivity contribution in [1.82, 2.24) is 4.90 Å². The number of phenolic OH excluding ortho intramolecular Hbond substituents is 1. The molecule has 1 N–H and O–H groups in total. The number of allylic oxidation sites excluding steroid dienone is 1. The number of phenols is 1. The van der Waals surface area contributed by atoms with Gasteiger partial charge in [0.25, 0.3) is 0 Å². The molecule has 0 fully saturated rings. The van der Waals surface area contributed by atoms with Crippen LogP contribution < -0.4 is 0 Å². The SMILES string of the molecule is CN(C)C/C=C1\CCc2ccc(O)cc21. The lowest BCUT2D eigenvalue weighted by Gasteiger charge is -2.07. The number of aryl methyl sites for hydroxylation is 1. The van der Waals surface area contributed by atoms with Crippen LogP contribution in [-0.2, 0) is 6.42 Å². The number of fused-ring (bicyclic) bond motifs is 1. The first-order chi connectivity index (χ1) is 7.16. The van der Waals surface area contributed by atoms with E-state index in [1.165, 1.54) is 16.7 Å². The highest BCUT2D eigenvalue weighted by Crippen LogP contribution is 2.34. The third-order valence-corrected chi connectivity index (χ3v) is 2.81. The second kappa shape index (κ2) is 4.07. The third-order valence-electron chi connectivity index (χ3n) is 2.81. The van der Waals surface area contributed by atoms with Crippen molar-refractivity contribution < 1.29 is 5.11 Å². The van der Waals surface area contributed by atoms with Gasteiger partial charge in [0.05, 0.1) is 0 Å². The van der Waals surface area contributed by atoms with Gasteiger partial charge in [0.15, 0.2) is 0 Å². The molecule has 2 rings (SSSR count). The number of hydrogen-bond donors (Lipinski definition) is 1. The van der Waals surface area contributed by atoms with Crippen molar-refractivity contribution in [1.29, 1.82) is 0 Å². The zero-order valence-electron chi connectivity index (χ0n) is 9.33. The van der Waals surface area contributed by atoms with Crippen LogP contribution in [0.2, 0.25) is 0 Å². The molecule has 0 aromatic heterocycles. The Labute approximate surface area is 90.8 Å². The van der Waals surface area contributed by atoms with E-state index in [-0.39, 0.29) is 0 Å². The molecule has 2 heteroatoms. The summed E-state index contributed by atoms with van der Waals surface area (Å²) in [6.45, 7) is 0.963. The molecule has 0 atom stereocenters. The van der Waals surface area contributed by atoms with Crippen molar-refractivity contribution in [3.8, 4) is 5.75 Å². The number of aromatic hydroxyl groups is 1. The van der Waals surface area contributed by atoms with Crippen molar-refractivity contribution in [3.63, 3.8) is 0 Å². The normalized spacial score (nSPS) is 17.4. The van der Waals surface area contributed by atoms with Gasteiger partial charge in [0, 0.05) is 6.54 Å². The van der Waals surface area contributed by atoms with E-state index in [4.69, 9.17) is 0 Å². The molecule has 0 spiro atoms. The number of benzene rings is 1. The molecule has 1 aromatic carbocycles. The summed E-state index contributed by atoms with van der Waals surface area (Å²) < 4.78 is 0. The van der Waals surface area contributed by atoms with Gasteiger partial charge in [-0.1, -0.05) is 12.1 Å². The fraction of sp³-hybridized carbons (Fsp3) is 0.385. The van der Waals surface area contributed by atoms with E-state index in [1.54, 1.807) is 6.07 Å². The van der Waals surface area contributed by atoms with Crippen LogP contribution in [0, 0.1) is 0 Å². The van der Waals surface area contributed by atoms with Gasteiger partial charge in [-0.25, -0.2) is 0 Å². The summed E-state index contributed by atoms with van der Waals surface area (Å²) in [4.78, 5) is 2.15. The van der Waals surface area contributed by atoms with Gasteiger partial charge in [0.2, 0.25) is 0 Å². The van der Waals surface area contributed by atoms with Crippen LogP contribution in [0.4, 0.5) is 0 Å². The van der Waals surface area contributed by atoms with Crippen molar-refractivity contribution in [2.24, 2.45) is 0 Å². The topological polar surface area (TPSA) is 23.5 Å². The summed E-state index contributed by atoms with van der Waals surface area (Å²) in [5.41, 5.74) is 3.96. The zero-order valence-corrected chi connectivity index (χ0v) is 9.33. The Morgan fingerprint density at radius 2 is 2.13 bits per heavy atom. The Balaban J connectivity index is 2.27. The van der Waals surface area contributed by atoms with Gasteiger partial charge >= 0.3 is 0 Å². The summed E-state index contributed by atoms with van der Waals surface area (Å²) in [6.07, 6.45) is 4.47. The molecule has 0 saturated heterocycles. The lowest BCUT2D eigenvalue weighted by Crippen LogP contribution is -2.10. The van der Waals surface area contributed by atoms with Crippen molar-refractivity contribution in [3.05, 3.63) is 35.4 Å². The van der Waals surface area contributed by atoms with E-state index >= 15 is 0 Å². The van der Waals surface area contributed by atoms with Gasteiger partial charge in [-0.3, -0.25) is 0 Å². The van der Waals surface area contributed by atoms with Crippen molar-refractivity contribution >= 4 is 5.57 Å². The highest BCUT2D eigenvalue weighted by atomic mass is 16.3. The maximum Gasteiger partial charge on any atom is 0.116 e. The number of hydrogen-bond acceptors (Lipinski definition) is 2. The molecule has 1 aliphatic carbocycles. The Hall–Kier alpha value is -1.28. The second-order valence-electron chi connectivity index (χ2n) is 4.33. The molecule has 0 unspecified atom stereocenters. The van der Waals surface area contributed by atoms with E-state index in [2.05, 4.69) is 25.1 Å². The highest BCUT2D eigenvalue weighted by molar-refractivity contribution is 5.73. The maximum absolute atomic E-state index is 9.45. The molecular formula is C13H17NO. The average Bonchev–Trinajstić information content (AvgIpc) is 2.57. The van der Waals surface area contributed by atoms with Crippen LogP contribution in [0.1, 0.15) is 17.5 Å². The minimum absolute atomic E-state index is 0.367. The van der Waals surface area contributed by atoms with Gasteiger partial charge in [-0.15, -0.1) is 0 Å². The molecule has 0 heterocycles. The molecule has 80 valence electrons. The van der Waals surface area contributed by atoms with Gasteiger partial charge in [-0.05, 0) is 55.8 Å². The highest BCUT2D eigenvalue weighted by Gasteiger charge is 2.15. The summed E-state index contributed by atoms with van der Waals surface area (Å²) in [5, 5.41) is 9.45. The third kappa shape index (κ3) is 2.21. The maximum atomic E-state index is 9.45. The smallest absolute Gasteiger partial charge is 0.116 e. The van der Waals surface area contributed by atoms with Gasteiger partial charge in [0.1, 0.15) is 5.75 Å². The van der Waals surface area contributed by atoms with Crippen LogP contribution in [0.3, 0.4) is 0 Å². The summed E-state index contributed by atoms with van der Waals surface area (Å²) >= 11 is 0. The predicted molar refractivity (Wildman–Crippen MR) is 63.0 cm³/mol. The Morgan fingerprint density at radius 1 is 1.33 bits per heavy atom. The molecule has 15 heavy (non-hydrogen) atoms. The first-order valence-electron chi connectivity index (χ1n) is 5.33. The molecule has 1 aliphatic rings. The Kier molecular flexibility index (Phi) is 2.78. The average molecular weight is 203 g/mol. The number of rotatable bonds is 2. The fourth-order valence-electron chi connectivity index (χ4n) is 1.99. The van der Waals surface area contributed by atoms with Crippen LogP contribution in [-0.4, -0.2) is 30.6 Å². The minimum Gasteiger partial charge on any atom is -0.508 e. The van der Waals surface area contributed by atoms with Crippen LogP contribution in [0.25, 0.3) is 5.57 Å². The molecule has 0 amide bonds. The summed E-state index contributed by atoms with van der Waals surface area (Å²) in [6, 6.07) is 5.68. The van der Waals surface area contributed by atoms with Gasteiger partial charge < -0.3 is 10.0 Å². The minimum atomic E-state index is 0.367. The molecule has 2 nitrogen and oxygen atoms in total. The standard InChI is InChI=1S/C13H17NO/c1-14(2)8-7-11-4-3-10-5-6-12(15)9-13(10)11/h5-7,9,15H,3-4,8H2,1-2H3/b11-7+. The molecule has 0 saturated carbocycles. The van der Waals surface area contributed by atoms with E-state index in [0.717, 1.165) is 19.4 Å². The molecule has 0 radical (unpaired) electrons. The monoisotopic (exact) mass is 203 g/mol. The first kappa shape index (κ1) is 10.2. The summed E-state index contributed by atoms with van der Waals surface area (Å²) in [7, 11) is 4.13. The molecular weight excluding hydrogens is 186 g/mol. The van der Waals surface area contributed by atoms with E-state index in [1.807, 2.05) is 12.1 Å². The molecule has 0 aliphatic heterocycles. The van der Waals surface area contributed by atoms with Crippen molar-refractivity contribution in [2.75, 3.05) is 20.6 Å². The zero-order chi connectivity index (χ0) is 10.8. The van der Waals surface area contributed by atoms with E-state index in [9.17, 15) is 5.11 Å². The fourth-order valence-corrected chi connectivity index (χ4v) is 1.99. The van der Waals surface area contributed by atoms with Crippen LogP contribution in [0.5, 0.6) is 5.75 Å². The lowest BCUT2D eigenvalue weighted by molar-refractivity contribution is 0.456. The molecule has 0 bridgehead atoms. The molecule has 1 aromatic rings. The number of nitrogens with zero attached hydrogens (tertiary/aromatic N) is 1. The predicted octanol–water partition coefficient (Wildman–Crippen LogP) is 2.28. The summed E-state index contributed by atoms with van der Waals surface area (Å²) in [5.74, 6) is 0.367. The van der Waals surface area contributed by atoms with E-state index in [0.29, 0.717) is 5.75 Å². The quantitative estimate of drug-likeness (QED) is 0.797. The van der Waals surface area contributed by atoms with Crippen LogP contribution in [0.15, 0.2) is 24.3 Å². The second-order valence-corrected chi connectivity index (χ2v) is 4.33. The van der Waals surface area contributed by atoms with Crippen LogP contribution >= 0.6 is 0 Å². The lowest BCUT2D eigenvalue weighted by atomic mass is 10.1. The van der Waals surface area contributed by atoms with Gasteiger partial charge in [-0.2, -0.15) is 0 Å². The van der Waals surface area contributed by atoms with E-state index < -0.39 is 0 Å². The Morgan fingerprint density at radius 3 is 2.87 bits per heavy atom. The first-order valence-corrected chi connectivity index (χ1v) is 5.33. The van der Waals surface area contributed by atoms with Crippen molar-refractivity contribution in [2.45, 2.75) is 12.8 Å². The number of likely N-dealkylation sites (N-methyl/N-ethyl adjacent to an activating group) is 1. The Bertz CT molecular complexity index is 394.